The summed E-state index contributed by atoms with van der Waals surface area (Å²) in [5, 5.41) is 10.6. The van der Waals surface area contributed by atoms with E-state index in [2.05, 4.69) is 15.3 Å². The minimum Gasteiger partial charge on any atom is -0.330 e. The van der Waals surface area contributed by atoms with Crippen molar-refractivity contribution in [3.63, 3.8) is 0 Å². The number of hydrogen-bond donors (Lipinski definition) is 1. The van der Waals surface area contributed by atoms with Gasteiger partial charge < -0.3 is 4.90 Å². The number of rotatable bonds is 3. The number of nitrogens with zero attached hydrogens (tertiary/aromatic N) is 4. The van der Waals surface area contributed by atoms with Gasteiger partial charge in [0.25, 0.3) is 5.91 Å². The van der Waals surface area contributed by atoms with Gasteiger partial charge in [0.05, 0.1) is 29.7 Å². The first-order valence-electron chi connectivity index (χ1n) is 6.91. The van der Waals surface area contributed by atoms with Gasteiger partial charge in [-0.2, -0.15) is 10.2 Å². The number of amides is 1. The van der Waals surface area contributed by atoms with Gasteiger partial charge in [-0.3, -0.25) is 14.6 Å². The molecule has 0 spiro atoms. The largest absolute Gasteiger partial charge is 0.330 e. The van der Waals surface area contributed by atoms with E-state index in [1.165, 1.54) is 12.4 Å². The van der Waals surface area contributed by atoms with E-state index in [4.69, 9.17) is 0 Å². The van der Waals surface area contributed by atoms with Crippen LogP contribution in [0.1, 0.15) is 34.9 Å². The highest BCUT2D eigenvalue weighted by Gasteiger charge is 2.35. The third-order valence-corrected chi connectivity index (χ3v) is 4.95. The zero-order chi connectivity index (χ0) is 15.9. The molecule has 8 nitrogen and oxygen atoms in total. The quantitative estimate of drug-likeness (QED) is 0.887. The minimum absolute atomic E-state index is 0.148. The molecule has 9 heteroatoms. The van der Waals surface area contributed by atoms with E-state index in [-0.39, 0.29) is 16.8 Å². The van der Waals surface area contributed by atoms with E-state index >= 15 is 0 Å². The molecule has 0 aliphatic carbocycles. The molecule has 2 aromatic rings. The van der Waals surface area contributed by atoms with Gasteiger partial charge in [-0.05, 0) is 12.8 Å². The molecule has 1 amide bonds. The van der Waals surface area contributed by atoms with Crippen LogP contribution in [0.3, 0.4) is 0 Å². The molecule has 3 rings (SSSR count). The number of aryl methyl sites for hydroxylation is 1. The molecular formula is C13H17N5O3S. The van der Waals surface area contributed by atoms with Crippen molar-refractivity contribution in [2.24, 2.45) is 7.05 Å². The maximum absolute atomic E-state index is 12.6. The van der Waals surface area contributed by atoms with Crippen LogP contribution < -0.4 is 0 Å². The Labute approximate surface area is 128 Å². The lowest BCUT2D eigenvalue weighted by Crippen LogP contribution is -2.31. The summed E-state index contributed by atoms with van der Waals surface area (Å²) in [6, 6.07) is -0.306. The summed E-state index contributed by atoms with van der Waals surface area (Å²) >= 11 is 0. The Hall–Kier alpha value is -2.16. The van der Waals surface area contributed by atoms with E-state index in [0.29, 0.717) is 24.2 Å². The predicted molar refractivity (Wildman–Crippen MR) is 77.9 cm³/mol. The summed E-state index contributed by atoms with van der Waals surface area (Å²) in [6.07, 6.45) is 7.14. The summed E-state index contributed by atoms with van der Waals surface area (Å²) in [7, 11) is -1.64. The zero-order valence-electron chi connectivity index (χ0n) is 12.4. The Morgan fingerprint density at radius 1 is 1.41 bits per heavy atom. The van der Waals surface area contributed by atoms with Crippen LogP contribution in [0.4, 0.5) is 0 Å². The van der Waals surface area contributed by atoms with E-state index in [1.807, 2.05) is 0 Å². The van der Waals surface area contributed by atoms with Gasteiger partial charge in [0, 0.05) is 26.0 Å². The normalized spacial score (nSPS) is 18.8. The molecular weight excluding hydrogens is 306 g/mol. The first kappa shape index (κ1) is 14.8. The van der Waals surface area contributed by atoms with E-state index in [9.17, 15) is 13.2 Å². The van der Waals surface area contributed by atoms with Crippen LogP contribution in [-0.4, -0.2) is 52.0 Å². The van der Waals surface area contributed by atoms with Gasteiger partial charge in [-0.1, -0.05) is 0 Å². The average molecular weight is 323 g/mol. The van der Waals surface area contributed by atoms with Gasteiger partial charge in [-0.15, -0.1) is 0 Å². The number of carbonyl (C=O) groups is 1. The number of aromatic nitrogens is 4. The van der Waals surface area contributed by atoms with Crippen LogP contribution in [0, 0.1) is 0 Å². The maximum Gasteiger partial charge on any atom is 0.257 e. The van der Waals surface area contributed by atoms with Gasteiger partial charge in [0.2, 0.25) is 0 Å². The fraction of sp³-hybridized carbons (Fsp3) is 0.462. The smallest absolute Gasteiger partial charge is 0.257 e. The summed E-state index contributed by atoms with van der Waals surface area (Å²) < 4.78 is 25.3. The molecule has 1 aliphatic heterocycles. The average Bonchev–Trinajstić information content (AvgIpc) is 3.16. The van der Waals surface area contributed by atoms with Gasteiger partial charge in [-0.25, -0.2) is 8.42 Å². The Morgan fingerprint density at radius 3 is 2.82 bits per heavy atom. The molecule has 2 aromatic heterocycles. The second-order valence-electron chi connectivity index (χ2n) is 5.48. The molecule has 0 bridgehead atoms. The van der Waals surface area contributed by atoms with Crippen molar-refractivity contribution in [1.29, 1.82) is 0 Å². The molecule has 3 heterocycles. The zero-order valence-corrected chi connectivity index (χ0v) is 13.2. The maximum atomic E-state index is 12.6. The Bertz CT molecular complexity index is 807. The molecule has 1 saturated heterocycles. The Balaban J connectivity index is 1.94. The topological polar surface area (TPSA) is 101 Å². The van der Waals surface area contributed by atoms with Crippen molar-refractivity contribution in [3.8, 4) is 0 Å². The number of aromatic amines is 1. The minimum atomic E-state index is -3.39. The fourth-order valence-corrected chi connectivity index (χ4v) is 3.65. The van der Waals surface area contributed by atoms with Crippen molar-refractivity contribution in [2.75, 3.05) is 12.8 Å². The first-order valence-corrected chi connectivity index (χ1v) is 8.80. The Morgan fingerprint density at radius 2 is 2.18 bits per heavy atom. The van der Waals surface area contributed by atoms with Gasteiger partial charge >= 0.3 is 0 Å². The third kappa shape index (κ3) is 2.52. The van der Waals surface area contributed by atoms with Crippen LogP contribution in [-0.2, 0) is 16.9 Å². The number of H-pyrrole nitrogens is 1. The molecule has 0 aromatic carbocycles. The number of hydrogen-bond acceptors (Lipinski definition) is 5. The summed E-state index contributed by atoms with van der Waals surface area (Å²) in [5.74, 6) is -0.148. The second kappa shape index (κ2) is 5.24. The predicted octanol–water partition coefficient (Wildman–Crippen LogP) is 0.524. The number of likely N-dealkylation sites (tertiary alicyclic amines) is 1. The molecule has 0 unspecified atom stereocenters. The van der Waals surface area contributed by atoms with Crippen molar-refractivity contribution in [1.82, 2.24) is 24.9 Å². The lowest BCUT2D eigenvalue weighted by atomic mass is 10.1. The fourth-order valence-electron chi connectivity index (χ4n) is 2.83. The summed E-state index contributed by atoms with van der Waals surface area (Å²) in [5.41, 5.74) is 0.979. The SMILES string of the molecule is Cn1cc(C(=O)N2CCC[C@@H]2c2[nH]ncc2S(C)(=O)=O)cn1. The van der Waals surface area contributed by atoms with Gasteiger partial charge in [0.1, 0.15) is 4.90 Å². The van der Waals surface area contributed by atoms with Crippen LogP contribution in [0.25, 0.3) is 0 Å². The van der Waals surface area contributed by atoms with Crippen LogP contribution in [0.5, 0.6) is 0 Å². The number of sulfone groups is 1. The molecule has 118 valence electrons. The first-order chi connectivity index (χ1) is 10.4. The van der Waals surface area contributed by atoms with Crippen LogP contribution in [0.2, 0.25) is 0 Å². The highest BCUT2D eigenvalue weighted by atomic mass is 32.2. The molecule has 1 atom stereocenters. The summed E-state index contributed by atoms with van der Waals surface area (Å²) in [6.45, 7) is 0.584. The standard InChI is InChI=1S/C13H17N5O3S/c1-17-8-9(6-15-17)13(19)18-5-3-4-10(18)12-11(7-14-16-12)22(2,20)21/h6-8,10H,3-5H2,1-2H3,(H,14,16)/t10-/m1/s1. The molecule has 1 aliphatic rings. The highest BCUT2D eigenvalue weighted by Crippen LogP contribution is 2.35. The van der Waals surface area contributed by atoms with Crippen molar-refractivity contribution in [2.45, 2.75) is 23.8 Å². The third-order valence-electron chi connectivity index (χ3n) is 3.83. The van der Waals surface area contributed by atoms with Crippen molar-refractivity contribution >= 4 is 15.7 Å². The monoisotopic (exact) mass is 323 g/mol. The van der Waals surface area contributed by atoms with E-state index in [0.717, 1.165) is 12.7 Å². The molecule has 22 heavy (non-hydrogen) atoms. The molecule has 1 N–H and O–H groups in total. The summed E-state index contributed by atoms with van der Waals surface area (Å²) in [4.78, 5) is 14.5. The Kier molecular flexibility index (Phi) is 3.51. The lowest BCUT2D eigenvalue weighted by molar-refractivity contribution is 0.0731. The second-order valence-corrected chi connectivity index (χ2v) is 7.46. The van der Waals surface area contributed by atoms with Crippen molar-refractivity contribution < 1.29 is 13.2 Å². The van der Waals surface area contributed by atoms with Crippen molar-refractivity contribution in [3.05, 3.63) is 29.8 Å². The van der Waals surface area contributed by atoms with Crippen LogP contribution >= 0.6 is 0 Å². The van der Waals surface area contributed by atoms with E-state index in [1.54, 1.807) is 22.8 Å². The molecule has 1 fully saturated rings. The highest BCUT2D eigenvalue weighted by molar-refractivity contribution is 7.90. The molecule has 0 saturated carbocycles. The number of carbonyl (C=O) groups excluding carboxylic acids is 1. The van der Waals surface area contributed by atoms with Gasteiger partial charge in [0.15, 0.2) is 9.84 Å². The van der Waals surface area contributed by atoms with Crippen LogP contribution in [0.15, 0.2) is 23.5 Å². The molecule has 0 radical (unpaired) electrons. The van der Waals surface area contributed by atoms with E-state index < -0.39 is 9.84 Å². The number of nitrogens with one attached hydrogen (secondary N) is 1. The lowest BCUT2D eigenvalue weighted by Gasteiger charge is -2.24.